The molecule has 0 aliphatic carbocycles. The van der Waals surface area contributed by atoms with Crippen LogP contribution in [0, 0.1) is 13.8 Å². The smallest absolute Gasteiger partial charge is 0.369 e. The first-order valence-electron chi connectivity index (χ1n) is 12.8. The molecule has 1 saturated heterocycles. The van der Waals surface area contributed by atoms with Crippen molar-refractivity contribution in [3.05, 3.63) is 94.5 Å². The normalized spacial score (nSPS) is 15.6. The maximum absolute atomic E-state index is 13.2. The third kappa shape index (κ3) is 7.07. The molecular formula is C29H30F6N4O. The summed E-state index contributed by atoms with van der Waals surface area (Å²) in [7, 11) is 0. The van der Waals surface area contributed by atoms with Crippen LogP contribution >= 0.6 is 0 Å². The molecule has 5 nitrogen and oxygen atoms in total. The fourth-order valence-corrected chi connectivity index (χ4v) is 5.09. The molecule has 40 heavy (non-hydrogen) atoms. The Balaban J connectivity index is 1.46. The van der Waals surface area contributed by atoms with Crippen LogP contribution in [0.1, 0.15) is 33.9 Å². The Labute approximate surface area is 228 Å². The number of carbonyl (C=O) groups excluding carboxylic acids is 1. The van der Waals surface area contributed by atoms with E-state index in [0.717, 1.165) is 18.7 Å². The summed E-state index contributed by atoms with van der Waals surface area (Å²) in [5, 5.41) is 4.78. The number of halogens is 6. The molecule has 1 aliphatic rings. The summed E-state index contributed by atoms with van der Waals surface area (Å²) in [5.41, 5.74) is 0.919. The molecule has 1 unspecified atom stereocenters. The van der Waals surface area contributed by atoms with Crippen LogP contribution in [0.4, 0.5) is 42.5 Å². The molecular weight excluding hydrogens is 534 g/mol. The van der Waals surface area contributed by atoms with Gasteiger partial charge in [0.25, 0.3) is 0 Å². The van der Waals surface area contributed by atoms with Crippen molar-refractivity contribution in [1.82, 2.24) is 10.2 Å². The van der Waals surface area contributed by atoms with Crippen molar-refractivity contribution >= 4 is 17.4 Å². The van der Waals surface area contributed by atoms with Crippen LogP contribution in [-0.4, -0.2) is 43.7 Å². The first-order chi connectivity index (χ1) is 18.8. The van der Waals surface area contributed by atoms with Crippen LogP contribution < -0.4 is 15.5 Å². The molecule has 0 saturated carbocycles. The van der Waals surface area contributed by atoms with Gasteiger partial charge < -0.3 is 15.5 Å². The van der Waals surface area contributed by atoms with E-state index in [9.17, 15) is 31.1 Å². The van der Waals surface area contributed by atoms with Gasteiger partial charge in [0.1, 0.15) is 0 Å². The van der Waals surface area contributed by atoms with Crippen molar-refractivity contribution in [2.24, 2.45) is 0 Å². The summed E-state index contributed by atoms with van der Waals surface area (Å²) >= 11 is 0. The van der Waals surface area contributed by atoms with Crippen molar-refractivity contribution in [2.75, 3.05) is 42.9 Å². The summed E-state index contributed by atoms with van der Waals surface area (Å²) < 4.78 is 79.2. The largest absolute Gasteiger partial charge is 0.416 e. The molecule has 1 heterocycles. The second-order valence-electron chi connectivity index (χ2n) is 9.82. The highest BCUT2D eigenvalue weighted by Crippen LogP contribution is 2.37. The Bertz CT molecular complexity index is 1270. The van der Waals surface area contributed by atoms with Gasteiger partial charge in [0.05, 0.1) is 17.2 Å². The van der Waals surface area contributed by atoms with Gasteiger partial charge in [0.15, 0.2) is 0 Å². The van der Waals surface area contributed by atoms with Crippen LogP contribution in [0.5, 0.6) is 0 Å². The standard InChI is InChI=1S/C29H30F6N4O/c1-19-7-6-8-20(2)26(19)39-13-11-38(12-14-39)25(21-9-4-3-5-10-21)18-36-27(40)37-24-16-22(28(30,31)32)15-23(17-24)29(33,34)35/h3-10,15-17,25H,11-14,18H2,1-2H3,(H2,36,37,40). The first kappa shape index (κ1) is 29.3. The van der Waals surface area contributed by atoms with Crippen molar-refractivity contribution in [3.63, 3.8) is 0 Å². The van der Waals surface area contributed by atoms with E-state index in [1.807, 2.05) is 36.4 Å². The average molecular weight is 565 g/mol. The monoisotopic (exact) mass is 564 g/mol. The van der Waals surface area contributed by atoms with Crippen LogP contribution in [0.3, 0.4) is 0 Å². The van der Waals surface area contributed by atoms with Gasteiger partial charge in [-0.3, -0.25) is 4.90 Å². The zero-order valence-electron chi connectivity index (χ0n) is 22.0. The minimum absolute atomic E-state index is 0.0204. The number of urea groups is 1. The Morgan fingerprint density at radius 1 is 0.800 bits per heavy atom. The second kappa shape index (κ2) is 11.8. The zero-order chi connectivity index (χ0) is 29.1. The quantitative estimate of drug-likeness (QED) is 0.316. The van der Waals surface area contributed by atoms with Crippen LogP contribution in [-0.2, 0) is 12.4 Å². The summed E-state index contributed by atoms with van der Waals surface area (Å²) in [4.78, 5) is 17.2. The van der Waals surface area contributed by atoms with Crippen molar-refractivity contribution in [3.8, 4) is 0 Å². The summed E-state index contributed by atoms with van der Waals surface area (Å²) in [6.07, 6.45) is -10.0. The Hall–Kier alpha value is -3.73. The minimum Gasteiger partial charge on any atom is -0.369 e. The number of nitrogens with one attached hydrogen (secondary N) is 2. The molecule has 1 atom stereocenters. The number of rotatable bonds is 6. The van der Waals surface area contributed by atoms with Gasteiger partial charge in [0.2, 0.25) is 0 Å². The molecule has 4 rings (SSSR count). The number of anilines is 2. The van der Waals surface area contributed by atoms with Crippen molar-refractivity contribution < 1.29 is 31.1 Å². The number of alkyl halides is 6. The van der Waals surface area contributed by atoms with E-state index >= 15 is 0 Å². The highest BCUT2D eigenvalue weighted by molar-refractivity contribution is 5.89. The van der Waals surface area contributed by atoms with E-state index in [-0.39, 0.29) is 18.7 Å². The van der Waals surface area contributed by atoms with E-state index in [4.69, 9.17) is 0 Å². The van der Waals surface area contributed by atoms with Gasteiger partial charge >= 0.3 is 18.4 Å². The molecule has 2 N–H and O–H groups in total. The van der Waals surface area contributed by atoms with Gasteiger partial charge in [-0.2, -0.15) is 26.3 Å². The highest BCUT2D eigenvalue weighted by Gasteiger charge is 2.37. The Morgan fingerprint density at radius 2 is 1.35 bits per heavy atom. The van der Waals surface area contributed by atoms with E-state index < -0.39 is 35.2 Å². The molecule has 1 fully saturated rings. The number of carbonyl (C=O) groups is 1. The van der Waals surface area contributed by atoms with Gasteiger partial charge in [-0.1, -0.05) is 48.5 Å². The number of benzene rings is 3. The van der Waals surface area contributed by atoms with Crippen LogP contribution in [0.25, 0.3) is 0 Å². The topological polar surface area (TPSA) is 47.6 Å². The number of aryl methyl sites for hydroxylation is 2. The minimum atomic E-state index is -5.01. The molecule has 214 valence electrons. The zero-order valence-corrected chi connectivity index (χ0v) is 22.0. The number of hydrogen-bond donors (Lipinski definition) is 2. The van der Waals surface area contributed by atoms with Crippen molar-refractivity contribution in [2.45, 2.75) is 32.2 Å². The van der Waals surface area contributed by atoms with E-state index in [2.05, 4.69) is 46.4 Å². The summed E-state index contributed by atoms with van der Waals surface area (Å²) in [6.45, 7) is 7.15. The highest BCUT2D eigenvalue weighted by atomic mass is 19.4. The third-order valence-corrected chi connectivity index (χ3v) is 7.00. The lowest BCUT2D eigenvalue weighted by molar-refractivity contribution is -0.143. The molecule has 0 bridgehead atoms. The van der Waals surface area contributed by atoms with Crippen LogP contribution in [0.15, 0.2) is 66.7 Å². The lowest BCUT2D eigenvalue weighted by Gasteiger charge is -2.41. The van der Waals surface area contributed by atoms with E-state index in [0.29, 0.717) is 25.2 Å². The molecule has 1 aliphatic heterocycles. The van der Waals surface area contributed by atoms with E-state index in [1.165, 1.54) is 16.8 Å². The molecule has 3 aromatic carbocycles. The number of para-hydroxylation sites is 1. The maximum atomic E-state index is 13.2. The molecule has 0 aromatic heterocycles. The van der Waals surface area contributed by atoms with Gasteiger partial charge in [-0.05, 0) is 48.7 Å². The number of hydrogen-bond acceptors (Lipinski definition) is 3. The van der Waals surface area contributed by atoms with Gasteiger partial charge in [0, 0.05) is 44.1 Å². The third-order valence-electron chi connectivity index (χ3n) is 7.00. The second-order valence-corrected chi connectivity index (χ2v) is 9.82. The predicted molar refractivity (Wildman–Crippen MR) is 142 cm³/mol. The fraction of sp³-hybridized carbons (Fsp3) is 0.345. The van der Waals surface area contributed by atoms with Crippen LogP contribution in [0.2, 0.25) is 0 Å². The Kier molecular flexibility index (Phi) is 8.62. The van der Waals surface area contributed by atoms with E-state index in [1.54, 1.807) is 0 Å². The van der Waals surface area contributed by atoms with Gasteiger partial charge in [-0.15, -0.1) is 0 Å². The fourth-order valence-electron chi connectivity index (χ4n) is 5.09. The molecule has 3 aromatic rings. The van der Waals surface area contributed by atoms with Crippen molar-refractivity contribution in [1.29, 1.82) is 0 Å². The maximum Gasteiger partial charge on any atom is 0.416 e. The molecule has 11 heteroatoms. The molecule has 0 spiro atoms. The Morgan fingerprint density at radius 3 is 1.88 bits per heavy atom. The molecule has 2 amide bonds. The lowest BCUT2D eigenvalue weighted by atomic mass is 10.0. The van der Waals surface area contributed by atoms with Gasteiger partial charge in [-0.25, -0.2) is 4.79 Å². The average Bonchev–Trinajstić information content (AvgIpc) is 2.89. The SMILES string of the molecule is Cc1cccc(C)c1N1CCN(C(CNC(=O)Nc2cc(C(F)(F)F)cc(C(F)(F)F)c2)c2ccccc2)CC1. The lowest BCUT2D eigenvalue weighted by Crippen LogP contribution is -2.50. The molecule has 0 radical (unpaired) electrons. The number of amides is 2. The predicted octanol–water partition coefficient (Wildman–Crippen LogP) is 7.03. The number of piperazine rings is 1. The summed E-state index contributed by atoms with van der Waals surface area (Å²) in [5.74, 6) is 0. The summed E-state index contributed by atoms with van der Waals surface area (Å²) in [6, 6.07) is 15.5. The number of nitrogens with zero attached hydrogens (tertiary/aromatic N) is 2. The first-order valence-corrected chi connectivity index (χ1v) is 12.8.